The van der Waals surface area contributed by atoms with Crippen molar-refractivity contribution in [3.63, 3.8) is 0 Å². The molecule has 7 nitrogen and oxygen atoms in total. The van der Waals surface area contributed by atoms with Crippen molar-refractivity contribution in [2.45, 2.75) is 129 Å². The summed E-state index contributed by atoms with van der Waals surface area (Å²) >= 11 is 0. The Hall–Kier alpha value is -0.730. The van der Waals surface area contributed by atoms with E-state index in [0.29, 0.717) is 39.2 Å². The molecule has 0 aliphatic rings. The maximum Gasteiger partial charge on any atom is 0.305 e. The van der Waals surface area contributed by atoms with Crippen molar-refractivity contribution >= 4 is 5.97 Å². The van der Waals surface area contributed by atoms with Gasteiger partial charge in [0.1, 0.15) is 0 Å². The average molecular weight is 531 g/mol. The minimum atomic E-state index is -0.314. The zero-order valence-electron chi connectivity index (χ0n) is 24.8. The second-order valence-corrected chi connectivity index (χ2v) is 10.1. The highest BCUT2D eigenvalue weighted by Gasteiger charge is 2.14. The molecule has 0 heterocycles. The summed E-state index contributed by atoms with van der Waals surface area (Å²) in [5.41, 5.74) is 5.67. The molecular formula is C30H62N2O5. The first-order valence-electron chi connectivity index (χ1n) is 15.5. The third kappa shape index (κ3) is 26.7. The van der Waals surface area contributed by atoms with Gasteiger partial charge in [-0.1, -0.05) is 78.1 Å². The van der Waals surface area contributed by atoms with Crippen LogP contribution < -0.4 is 5.73 Å². The van der Waals surface area contributed by atoms with Gasteiger partial charge in [-0.25, -0.2) is 0 Å². The predicted octanol–water partition coefficient (Wildman–Crippen LogP) is 6.47. The lowest BCUT2D eigenvalue weighted by Gasteiger charge is -2.22. The Morgan fingerprint density at radius 1 is 0.676 bits per heavy atom. The van der Waals surface area contributed by atoms with Crippen LogP contribution in [0.4, 0.5) is 0 Å². The second kappa shape index (κ2) is 29.8. The van der Waals surface area contributed by atoms with Gasteiger partial charge >= 0.3 is 5.97 Å². The number of nitrogens with zero attached hydrogens (tertiary/aromatic N) is 1. The molecule has 0 spiro atoms. The van der Waals surface area contributed by atoms with Crippen molar-refractivity contribution in [1.82, 2.24) is 4.90 Å². The van der Waals surface area contributed by atoms with E-state index in [4.69, 9.17) is 24.7 Å². The van der Waals surface area contributed by atoms with E-state index >= 15 is 0 Å². The summed E-state index contributed by atoms with van der Waals surface area (Å²) in [7, 11) is 1.73. The molecule has 2 N–H and O–H groups in total. The van der Waals surface area contributed by atoms with Gasteiger partial charge in [-0.3, -0.25) is 4.79 Å². The molecule has 0 radical (unpaired) electrons. The number of carbonyl (C=O) groups excluding carboxylic acids is 1. The monoisotopic (exact) mass is 530 g/mol. The lowest BCUT2D eigenvalue weighted by Crippen LogP contribution is -2.30. The van der Waals surface area contributed by atoms with Gasteiger partial charge < -0.3 is 29.6 Å². The summed E-state index contributed by atoms with van der Waals surface area (Å²) in [6, 6.07) is 0. The van der Waals surface area contributed by atoms with Crippen molar-refractivity contribution in [1.29, 1.82) is 0 Å². The molecule has 222 valence electrons. The van der Waals surface area contributed by atoms with Crippen molar-refractivity contribution < 1.29 is 23.7 Å². The molecule has 0 aromatic carbocycles. The highest BCUT2D eigenvalue weighted by Crippen LogP contribution is 2.12. The minimum Gasteiger partial charge on any atom is -0.466 e. The van der Waals surface area contributed by atoms with E-state index in [1.165, 1.54) is 64.2 Å². The number of hydrogen-bond acceptors (Lipinski definition) is 7. The van der Waals surface area contributed by atoms with Gasteiger partial charge in [0.15, 0.2) is 6.29 Å². The van der Waals surface area contributed by atoms with Gasteiger partial charge in [-0.2, -0.15) is 0 Å². The van der Waals surface area contributed by atoms with E-state index in [2.05, 4.69) is 18.7 Å². The highest BCUT2D eigenvalue weighted by atomic mass is 16.7. The number of hydrogen-bond donors (Lipinski definition) is 1. The molecule has 0 aromatic heterocycles. The third-order valence-corrected chi connectivity index (χ3v) is 6.57. The standard InChI is InChI=1S/C30H62N2O5/c1-4-6-8-10-12-14-26-36-30(37-27-15-13-11-9-7-5-2)20-19-29(33)35-28-18-24-32(22-16-21-31)23-17-25-34-3/h30H,4-28,31H2,1-3H3. The minimum absolute atomic E-state index is 0.163. The van der Waals surface area contributed by atoms with Crippen LogP contribution in [-0.2, 0) is 23.7 Å². The van der Waals surface area contributed by atoms with Gasteiger partial charge in [-0.15, -0.1) is 0 Å². The maximum atomic E-state index is 12.3. The molecule has 0 fully saturated rings. The SMILES string of the molecule is CCCCCCCCOC(CCC(=O)OCCCN(CCCN)CCCOC)OCCCCCCCC. The number of nitrogens with two attached hydrogens (primary N) is 1. The Labute approximate surface area is 229 Å². The Balaban J connectivity index is 4.22. The largest absolute Gasteiger partial charge is 0.466 e. The number of methoxy groups -OCH3 is 1. The van der Waals surface area contributed by atoms with Crippen LogP contribution in [0.2, 0.25) is 0 Å². The molecule has 0 unspecified atom stereocenters. The summed E-state index contributed by atoms with van der Waals surface area (Å²) < 4.78 is 22.7. The van der Waals surface area contributed by atoms with E-state index in [9.17, 15) is 4.79 Å². The molecule has 0 aromatic rings. The second-order valence-electron chi connectivity index (χ2n) is 10.1. The summed E-state index contributed by atoms with van der Waals surface area (Å²) in [5, 5.41) is 0. The van der Waals surface area contributed by atoms with Crippen LogP contribution in [0.3, 0.4) is 0 Å². The lowest BCUT2D eigenvalue weighted by atomic mass is 10.1. The molecule has 0 rings (SSSR count). The number of carbonyl (C=O) groups is 1. The van der Waals surface area contributed by atoms with Crippen LogP contribution in [0.1, 0.15) is 123 Å². The van der Waals surface area contributed by atoms with Crippen LogP contribution in [0.25, 0.3) is 0 Å². The first-order chi connectivity index (χ1) is 18.2. The van der Waals surface area contributed by atoms with Gasteiger partial charge in [0.25, 0.3) is 0 Å². The molecule has 37 heavy (non-hydrogen) atoms. The summed E-state index contributed by atoms with van der Waals surface area (Å²) in [6.45, 7) is 10.6. The molecule has 0 atom stereocenters. The summed E-state index contributed by atoms with van der Waals surface area (Å²) in [6.07, 6.45) is 18.2. The third-order valence-electron chi connectivity index (χ3n) is 6.57. The molecular weight excluding hydrogens is 468 g/mol. The number of ether oxygens (including phenoxy) is 4. The first kappa shape index (κ1) is 36.3. The molecule has 0 saturated heterocycles. The Bertz CT molecular complexity index is 449. The Morgan fingerprint density at radius 3 is 1.73 bits per heavy atom. The lowest BCUT2D eigenvalue weighted by molar-refractivity contribution is -0.159. The Morgan fingerprint density at radius 2 is 1.19 bits per heavy atom. The zero-order chi connectivity index (χ0) is 27.2. The number of unbranched alkanes of at least 4 members (excludes halogenated alkanes) is 10. The van der Waals surface area contributed by atoms with Crippen molar-refractivity contribution in [2.75, 3.05) is 59.7 Å². The fourth-order valence-electron chi connectivity index (χ4n) is 4.27. The molecule has 0 aliphatic heterocycles. The van der Waals surface area contributed by atoms with Crippen LogP contribution >= 0.6 is 0 Å². The van der Waals surface area contributed by atoms with Gasteiger partial charge in [0.05, 0.1) is 13.0 Å². The fraction of sp³-hybridized carbons (Fsp3) is 0.967. The zero-order valence-corrected chi connectivity index (χ0v) is 24.8. The molecule has 0 saturated carbocycles. The van der Waals surface area contributed by atoms with Gasteiger partial charge in [-0.05, 0) is 45.2 Å². The summed E-state index contributed by atoms with van der Waals surface area (Å²) in [4.78, 5) is 14.7. The van der Waals surface area contributed by atoms with Crippen molar-refractivity contribution in [3.8, 4) is 0 Å². The van der Waals surface area contributed by atoms with Gasteiger partial charge in [0.2, 0.25) is 0 Å². The highest BCUT2D eigenvalue weighted by molar-refractivity contribution is 5.69. The molecule has 0 aliphatic carbocycles. The van der Waals surface area contributed by atoms with E-state index in [1.54, 1.807) is 7.11 Å². The van der Waals surface area contributed by atoms with E-state index in [0.717, 1.165) is 58.3 Å². The smallest absolute Gasteiger partial charge is 0.305 e. The summed E-state index contributed by atoms with van der Waals surface area (Å²) in [5.74, 6) is -0.163. The van der Waals surface area contributed by atoms with Gasteiger partial charge in [0, 0.05) is 46.4 Å². The number of esters is 1. The molecule has 7 heteroatoms. The van der Waals surface area contributed by atoms with Crippen LogP contribution in [0.5, 0.6) is 0 Å². The maximum absolute atomic E-state index is 12.3. The number of rotatable bonds is 30. The van der Waals surface area contributed by atoms with Crippen LogP contribution in [0, 0.1) is 0 Å². The topological polar surface area (TPSA) is 83.3 Å². The van der Waals surface area contributed by atoms with Crippen molar-refractivity contribution in [3.05, 3.63) is 0 Å². The Kier molecular flexibility index (Phi) is 29.2. The van der Waals surface area contributed by atoms with Crippen LogP contribution in [-0.4, -0.2) is 76.9 Å². The van der Waals surface area contributed by atoms with E-state index < -0.39 is 0 Å². The van der Waals surface area contributed by atoms with E-state index in [1.807, 2.05) is 0 Å². The molecule has 0 amide bonds. The van der Waals surface area contributed by atoms with E-state index in [-0.39, 0.29) is 12.3 Å². The molecule has 0 bridgehead atoms. The predicted molar refractivity (Wildman–Crippen MR) is 154 cm³/mol. The van der Waals surface area contributed by atoms with Crippen LogP contribution in [0.15, 0.2) is 0 Å². The average Bonchev–Trinajstić information content (AvgIpc) is 2.90. The van der Waals surface area contributed by atoms with Crippen molar-refractivity contribution in [2.24, 2.45) is 5.73 Å². The quantitative estimate of drug-likeness (QED) is 0.0647. The first-order valence-corrected chi connectivity index (χ1v) is 15.5. The fourth-order valence-corrected chi connectivity index (χ4v) is 4.27. The normalized spacial score (nSPS) is 11.6.